The van der Waals surface area contributed by atoms with E-state index in [2.05, 4.69) is 4.98 Å². The number of carbonyl (C=O) groups excluding carboxylic acids is 2. The Morgan fingerprint density at radius 2 is 1.82 bits per heavy atom. The first kappa shape index (κ1) is 23.0. The maximum atomic E-state index is 12.9. The zero-order chi connectivity index (χ0) is 24.2. The van der Waals surface area contributed by atoms with Gasteiger partial charge in [0, 0.05) is 6.54 Å². The largest absolute Gasteiger partial charge is 0.452 e. The van der Waals surface area contributed by atoms with Crippen molar-refractivity contribution in [2.24, 2.45) is 0 Å². The van der Waals surface area contributed by atoms with Gasteiger partial charge in [-0.15, -0.1) is 0 Å². The molecule has 0 radical (unpaired) electrons. The number of nitrogens with one attached hydrogen (secondary N) is 1. The Morgan fingerprint density at radius 3 is 2.56 bits per heavy atom. The van der Waals surface area contributed by atoms with E-state index in [9.17, 15) is 19.2 Å². The summed E-state index contributed by atoms with van der Waals surface area (Å²) < 4.78 is 6.42. The molecule has 176 valence electrons. The number of likely N-dealkylation sites (N-methyl/N-ethyl adjacent to an activating group) is 1. The molecule has 9 nitrogen and oxygen atoms in total. The van der Waals surface area contributed by atoms with Crippen molar-refractivity contribution >= 4 is 23.4 Å². The van der Waals surface area contributed by atoms with Gasteiger partial charge in [-0.1, -0.05) is 36.4 Å². The maximum Gasteiger partial charge on any atom is 0.338 e. The normalized spacial score (nSPS) is 12.3. The van der Waals surface area contributed by atoms with Crippen molar-refractivity contribution in [1.82, 2.24) is 9.55 Å². The van der Waals surface area contributed by atoms with Gasteiger partial charge < -0.3 is 15.4 Å². The fraction of sp³-hybridized carbons (Fsp3) is 0.280. The summed E-state index contributed by atoms with van der Waals surface area (Å²) in [6.07, 6.45) is 2.97. The van der Waals surface area contributed by atoms with Crippen molar-refractivity contribution in [2.75, 3.05) is 23.8 Å². The predicted octanol–water partition coefficient (Wildman–Crippen LogP) is 1.87. The molecule has 0 unspecified atom stereocenters. The molecular formula is C25H26N4O5. The van der Waals surface area contributed by atoms with E-state index in [1.165, 1.54) is 10.1 Å². The number of anilines is 2. The summed E-state index contributed by atoms with van der Waals surface area (Å²) in [6.45, 7) is 1.30. The van der Waals surface area contributed by atoms with Crippen molar-refractivity contribution in [3.8, 4) is 0 Å². The second-order valence-corrected chi connectivity index (χ2v) is 8.12. The minimum Gasteiger partial charge on any atom is -0.452 e. The van der Waals surface area contributed by atoms with Crippen LogP contribution in [0.15, 0.2) is 58.1 Å². The molecule has 3 aromatic rings. The van der Waals surface area contributed by atoms with Gasteiger partial charge in [-0.3, -0.25) is 19.1 Å². The lowest BCUT2D eigenvalue weighted by Gasteiger charge is -2.23. The van der Waals surface area contributed by atoms with E-state index in [1.807, 2.05) is 36.4 Å². The van der Waals surface area contributed by atoms with Crippen LogP contribution in [0.1, 0.15) is 40.4 Å². The fourth-order valence-electron chi connectivity index (χ4n) is 4.21. The molecule has 0 fully saturated rings. The third kappa shape index (κ3) is 4.63. The summed E-state index contributed by atoms with van der Waals surface area (Å²) in [5.41, 5.74) is 8.09. The molecule has 4 rings (SSSR count). The highest BCUT2D eigenvalue weighted by Gasteiger charge is 2.24. The SMILES string of the molecule is CCN(C(=O)COC(=O)c1ccc2c(c1)CCC2)c1c(N)n(Cc2ccccc2)c(=O)[nH]c1=O. The first-order valence-electron chi connectivity index (χ1n) is 11.1. The molecule has 0 bridgehead atoms. The first-order chi connectivity index (χ1) is 16.4. The summed E-state index contributed by atoms with van der Waals surface area (Å²) in [6, 6.07) is 14.5. The summed E-state index contributed by atoms with van der Waals surface area (Å²) in [5.74, 6) is -1.38. The highest BCUT2D eigenvalue weighted by Crippen LogP contribution is 2.23. The molecule has 0 saturated heterocycles. The molecular weight excluding hydrogens is 436 g/mol. The monoisotopic (exact) mass is 462 g/mol. The van der Waals surface area contributed by atoms with Gasteiger partial charge in [0.05, 0.1) is 12.1 Å². The molecule has 2 aromatic carbocycles. The number of esters is 1. The lowest BCUT2D eigenvalue weighted by Crippen LogP contribution is -2.42. The Labute approximate surface area is 195 Å². The molecule has 9 heteroatoms. The maximum absolute atomic E-state index is 12.9. The molecule has 0 spiro atoms. The standard InChI is InChI=1S/C25H26N4O5/c1-2-28(20(30)15-34-24(32)19-12-11-17-9-6-10-18(17)13-19)21-22(26)29(25(33)27-23(21)31)14-16-7-4-3-5-8-16/h3-5,7-8,11-13H,2,6,9-10,14-15,26H2,1H3,(H,27,31,33). The van der Waals surface area contributed by atoms with Crippen LogP contribution in [0.4, 0.5) is 11.5 Å². The first-order valence-corrected chi connectivity index (χ1v) is 11.1. The zero-order valence-corrected chi connectivity index (χ0v) is 18.9. The van der Waals surface area contributed by atoms with Crippen molar-refractivity contribution in [3.05, 3.63) is 91.6 Å². The van der Waals surface area contributed by atoms with E-state index in [0.29, 0.717) is 5.56 Å². The van der Waals surface area contributed by atoms with Crippen LogP contribution in [0.5, 0.6) is 0 Å². The number of amides is 1. The topological polar surface area (TPSA) is 127 Å². The van der Waals surface area contributed by atoms with Gasteiger partial charge in [0.2, 0.25) is 0 Å². The van der Waals surface area contributed by atoms with E-state index < -0.39 is 29.7 Å². The lowest BCUT2D eigenvalue weighted by molar-refractivity contribution is -0.121. The number of aryl methyl sites for hydroxylation is 2. The third-order valence-corrected chi connectivity index (χ3v) is 5.95. The van der Waals surface area contributed by atoms with Gasteiger partial charge in [-0.05, 0) is 55.0 Å². The van der Waals surface area contributed by atoms with Crippen LogP contribution in [-0.2, 0) is 28.9 Å². The van der Waals surface area contributed by atoms with Crippen LogP contribution >= 0.6 is 0 Å². The average Bonchev–Trinajstić information content (AvgIpc) is 3.31. The molecule has 0 saturated carbocycles. The zero-order valence-electron chi connectivity index (χ0n) is 18.9. The number of ether oxygens (including phenoxy) is 1. The van der Waals surface area contributed by atoms with Crippen LogP contribution in [0, 0.1) is 0 Å². The van der Waals surface area contributed by atoms with Crippen molar-refractivity contribution in [3.63, 3.8) is 0 Å². The summed E-state index contributed by atoms with van der Waals surface area (Å²) >= 11 is 0. The third-order valence-electron chi connectivity index (χ3n) is 5.95. The molecule has 1 aromatic heterocycles. The number of aromatic nitrogens is 2. The Bertz CT molecular complexity index is 1340. The van der Waals surface area contributed by atoms with Crippen molar-refractivity contribution in [1.29, 1.82) is 0 Å². The highest BCUT2D eigenvalue weighted by atomic mass is 16.5. The van der Waals surface area contributed by atoms with E-state index in [0.717, 1.165) is 35.3 Å². The van der Waals surface area contributed by atoms with Gasteiger partial charge in [-0.25, -0.2) is 9.59 Å². The van der Waals surface area contributed by atoms with Crippen LogP contribution in [0.25, 0.3) is 0 Å². The number of benzene rings is 2. The summed E-state index contributed by atoms with van der Waals surface area (Å²) in [7, 11) is 0. The van der Waals surface area contributed by atoms with Crippen molar-refractivity contribution in [2.45, 2.75) is 32.7 Å². The van der Waals surface area contributed by atoms with E-state index in [4.69, 9.17) is 10.5 Å². The fourth-order valence-corrected chi connectivity index (χ4v) is 4.21. The van der Waals surface area contributed by atoms with Gasteiger partial charge >= 0.3 is 11.7 Å². The number of fused-ring (bicyclic) bond motifs is 1. The number of hydrogen-bond acceptors (Lipinski definition) is 6. The molecule has 1 aliphatic carbocycles. The highest BCUT2D eigenvalue weighted by molar-refractivity contribution is 5.98. The molecule has 3 N–H and O–H groups in total. The Balaban J connectivity index is 1.53. The Hall–Kier alpha value is -4.14. The molecule has 1 aliphatic rings. The second kappa shape index (κ2) is 9.78. The van der Waals surface area contributed by atoms with E-state index in [1.54, 1.807) is 19.1 Å². The van der Waals surface area contributed by atoms with Gasteiger partial charge in [0.1, 0.15) is 5.82 Å². The molecule has 1 heterocycles. The smallest absolute Gasteiger partial charge is 0.338 e. The average molecular weight is 463 g/mol. The van der Waals surface area contributed by atoms with Gasteiger partial charge in [0.15, 0.2) is 12.3 Å². The quantitative estimate of drug-likeness (QED) is 0.516. The van der Waals surface area contributed by atoms with Crippen LogP contribution in [0.2, 0.25) is 0 Å². The molecule has 0 aliphatic heterocycles. The van der Waals surface area contributed by atoms with Gasteiger partial charge in [-0.2, -0.15) is 0 Å². The number of nitrogens with zero attached hydrogens (tertiary/aromatic N) is 2. The molecule has 0 atom stereocenters. The Kier molecular flexibility index (Phi) is 6.62. The number of nitrogen functional groups attached to an aromatic ring is 1. The molecule has 1 amide bonds. The number of hydrogen-bond donors (Lipinski definition) is 2. The minimum absolute atomic E-state index is 0.0893. The molecule has 34 heavy (non-hydrogen) atoms. The van der Waals surface area contributed by atoms with E-state index in [-0.39, 0.29) is 24.6 Å². The Morgan fingerprint density at radius 1 is 1.09 bits per heavy atom. The number of rotatable bonds is 7. The van der Waals surface area contributed by atoms with Crippen LogP contribution in [-0.4, -0.2) is 34.6 Å². The van der Waals surface area contributed by atoms with Gasteiger partial charge in [0.25, 0.3) is 11.5 Å². The summed E-state index contributed by atoms with van der Waals surface area (Å²) in [4.78, 5) is 53.7. The number of aromatic amines is 1. The summed E-state index contributed by atoms with van der Waals surface area (Å²) in [5, 5.41) is 0. The number of carbonyl (C=O) groups is 2. The predicted molar refractivity (Wildman–Crippen MR) is 128 cm³/mol. The van der Waals surface area contributed by atoms with Crippen LogP contribution in [0.3, 0.4) is 0 Å². The minimum atomic E-state index is -0.785. The van der Waals surface area contributed by atoms with Crippen LogP contribution < -0.4 is 21.9 Å². The lowest BCUT2D eigenvalue weighted by atomic mass is 10.1. The number of H-pyrrole nitrogens is 1. The second-order valence-electron chi connectivity index (χ2n) is 8.12. The van der Waals surface area contributed by atoms with E-state index >= 15 is 0 Å². The van der Waals surface area contributed by atoms with Crippen molar-refractivity contribution < 1.29 is 14.3 Å². The number of nitrogens with two attached hydrogens (primary N) is 1.